The van der Waals surface area contributed by atoms with E-state index >= 15 is 0 Å². The second-order valence-corrected chi connectivity index (χ2v) is 7.15. The molecule has 1 amide bonds. The highest BCUT2D eigenvalue weighted by molar-refractivity contribution is 14.0. The fourth-order valence-corrected chi connectivity index (χ4v) is 3.49. The first-order valence-corrected chi connectivity index (χ1v) is 9.98. The van der Waals surface area contributed by atoms with Gasteiger partial charge in [0.25, 0.3) is 0 Å². The Morgan fingerprint density at radius 3 is 2.69 bits per heavy atom. The van der Waals surface area contributed by atoms with Gasteiger partial charge in [-0.25, -0.2) is 0 Å². The standard InChI is InChI=1S/C21H30N6O.HI/c1-4-22-21(23-11-8-12-27-17(3)13-16(2)25-27)24-18-14-20(28)26(15-18)19-9-6-5-7-10-19;/h5-7,9-10,13,18H,4,8,11-12,14-15H2,1-3H3,(H2,22,23,24);1H. The first-order valence-electron chi connectivity index (χ1n) is 9.98. The number of aliphatic imine (C=N–C) groups is 1. The van der Waals surface area contributed by atoms with Gasteiger partial charge in [-0.2, -0.15) is 5.10 Å². The second kappa shape index (κ2) is 11.2. The van der Waals surface area contributed by atoms with Gasteiger partial charge >= 0.3 is 0 Å². The molecule has 1 aliphatic heterocycles. The van der Waals surface area contributed by atoms with E-state index < -0.39 is 0 Å². The molecule has 1 saturated heterocycles. The number of aromatic nitrogens is 2. The predicted molar refractivity (Wildman–Crippen MR) is 128 cm³/mol. The average molecular weight is 510 g/mol. The number of para-hydroxylation sites is 1. The van der Waals surface area contributed by atoms with Crippen molar-refractivity contribution in [1.29, 1.82) is 0 Å². The van der Waals surface area contributed by atoms with Crippen LogP contribution in [-0.4, -0.2) is 47.3 Å². The number of hydrogen-bond acceptors (Lipinski definition) is 3. The van der Waals surface area contributed by atoms with Crippen LogP contribution in [0, 0.1) is 13.8 Å². The topological polar surface area (TPSA) is 74.5 Å². The van der Waals surface area contributed by atoms with Gasteiger partial charge < -0.3 is 15.5 Å². The molecule has 8 heteroatoms. The zero-order chi connectivity index (χ0) is 19.9. The van der Waals surface area contributed by atoms with Crippen LogP contribution in [0.3, 0.4) is 0 Å². The molecule has 0 radical (unpaired) electrons. The Morgan fingerprint density at radius 1 is 1.28 bits per heavy atom. The summed E-state index contributed by atoms with van der Waals surface area (Å²) in [4.78, 5) is 18.9. The molecule has 1 fully saturated rings. The van der Waals surface area contributed by atoms with Crippen molar-refractivity contribution < 1.29 is 4.79 Å². The third kappa shape index (κ3) is 6.45. The highest BCUT2D eigenvalue weighted by Gasteiger charge is 2.30. The lowest BCUT2D eigenvalue weighted by atomic mass is 10.2. The normalized spacial score (nSPS) is 16.7. The Labute approximate surface area is 190 Å². The zero-order valence-electron chi connectivity index (χ0n) is 17.4. The van der Waals surface area contributed by atoms with Crippen LogP contribution < -0.4 is 15.5 Å². The summed E-state index contributed by atoms with van der Waals surface area (Å²) in [6, 6.07) is 12.0. The molecule has 1 atom stereocenters. The summed E-state index contributed by atoms with van der Waals surface area (Å²) in [6.07, 6.45) is 1.39. The van der Waals surface area contributed by atoms with Gasteiger partial charge in [0.05, 0.1) is 11.7 Å². The average Bonchev–Trinajstić information content (AvgIpc) is 3.20. The van der Waals surface area contributed by atoms with E-state index in [9.17, 15) is 4.79 Å². The Hall–Kier alpha value is -2.10. The Morgan fingerprint density at radius 2 is 2.03 bits per heavy atom. The minimum absolute atomic E-state index is 0. The third-order valence-corrected chi connectivity index (χ3v) is 4.78. The van der Waals surface area contributed by atoms with Crippen molar-refractivity contribution in [2.24, 2.45) is 4.99 Å². The number of carbonyl (C=O) groups excluding carboxylic acids is 1. The molecule has 1 aromatic heterocycles. The summed E-state index contributed by atoms with van der Waals surface area (Å²) in [5.41, 5.74) is 3.17. The van der Waals surface area contributed by atoms with E-state index in [4.69, 9.17) is 0 Å². The van der Waals surface area contributed by atoms with Crippen LogP contribution in [0.5, 0.6) is 0 Å². The van der Waals surface area contributed by atoms with Crippen molar-refractivity contribution in [3.8, 4) is 0 Å². The maximum absolute atomic E-state index is 12.4. The molecule has 0 bridgehead atoms. The molecular formula is C21H31IN6O. The van der Waals surface area contributed by atoms with Crippen molar-refractivity contribution in [2.75, 3.05) is 24.5 Å². The third-order valence-electron chi connectivity index (χ3n) is 4.78. The number of amides is 1. The Balaban J connectivity index is 0.00000300. The van der Waals surface area contributed by atoms with Gasteiger partial charge in [0.2, 0.25) is 5.91 Å². The fourth-order valence-electron chi connectivity index (χ4n) is 3.49. The van der Waals surface area contributed by atoms with Gasteiger partial charge in [-0.05, 0) is 45.4 Å². The van der Waals surface area contributed by atoms with Crippen LogP contribution >= 0.6 is 24.0 Å². The van der Waals surface area contributed by atoms with Gasteiger partial charge in [0.1, 0.15) is 0 Å². The van der Waals surface area contributed by atoms with Crippen LogP contribution in [0.4, 0.5) is 5.69 Å². The summed E-state index contributed by atoms with van der Waals surface area (Å²) in [6.45, 7) is 9.12. The summed E-state index contributed by atoms with van der Waals surface area (Å²) in [5.74, 6) is 0.910. The lowest BCUT2D eigenvalue weighted by Crippen LogP contribution is -2.44. The summed E-state index contributed by atoms with van der Waals surface area (Å²) < 4.78 is 2.03. The van der Waals surface area contributed by atoms with Crippen molar-refractivity contribution in [3.05, 3.63) is 47.8 Å². The van der Waals surface area contributed by atoms with Crippen LogP contribution in [-0.2, 0) is 11.3 Å². The molecule has 2 aromatic rings. The fraction of sp³-hybridized carbons (Fsp3) is 0.476. The van der Waals surface area contributed by atoms with Crippen LogP contribution in [0.25, 0.3) is 0 Å². The number of aryl methyl sites for hydroxylation is 3. The minimum Gasteiger partial charge on any atom is -0.357 e. The number of guanidine groups is 1. The predicted octanol–water partition coefficient (Wildman–Crippen LogP) is 2.87. The molecule has 29 heavy (non-hydrogen) atoms. The summed E-state index contributed by atoms with van der Waals surface area (Å²) in [5, 5.41) is 11.2. The molecule has 3 rings (SSSR count). The van der Waals surface area contributed by atoms with Gasteiger partial charge in [-0.3, -0.25) is 14.5 Å². The maximum atomic E-state index is 12.4. The zero-order valence-corrected chi connectivity index (χ0v) is 19.7. The van der Waals surface area contributed by atoms with Crippen molar-refractivity contribution in [2.45, 2.75) is 46.2 Å². The first-order chi connectivity index (χ1) is 13.6. The summed E-state index contributed by atoms with van der Waals surface area (Å²) in [7, 11) is 0. The lowest BCUT2D eigenvalue weighted by molar-refractivity contribution is -0.117. The molecule has 7 nitrogen and oxygen atoms in total. The van der Waals surface area contributed by atoms with Crippen LogP contribution in [0.2, 0.25) is 0 Å². The summed E-state index contributed by atoms with van der Waals surface area (Å²) >= 11 is 0. The molecular weight excluding hydrogens is 479 g/mol. The number of hydrogen-bond donors (Lipinski definition) is 2. The molecule has 1 unspecified atom stereocenters. The smallest absolute Gasteiger partial charge is 0.229 e. The number of nitrogens with one attached hydrogen (secondary N) is 2. The highest BCUT2D eigenvalue weighted by atomic mass is 127. The number of nitrogens with zero attached hydrogens (tertiary/aromatic N) is 4. The molecule has 2 N–H and O–H groups in total. The largest absolute Gasteiger partial charge is 0.357 e. The molecule has 2 heterocycles. The number of anilines is 1. The monoisotopic (exact) mass is 510 g/mol. The molecule has 0 spiro atoms. The van der Waals surface area contributed by atoms with Crippen LogP contribution in [0.15, 0.2) is 41.4 Å². The molecule has 1 aromatic carbocycles. The number of rotatable bonds is 7. The Bertz CT molecular complexity index is 820. The number of halogens is 1. The van der Waals surface area contributed by atoms with E-state index in [-0.39, 0.29) is 35.9 Å². The van der Waals surface area contributed by atoms with Gasteiger partial charge in [-0.15, -0.1) is 24.0 Å². The second-order valence-electron chi connectivity index (χ2n) is 7.15. The van der Waals surface area contributed by atoms with Gasteiger partial charge in [0.15, 0.2) is 5.96 Å². The quantitative estimate of drug-likeness (QED) is 0.260. The van der Waals surface area contributed by atoms with E-state index in [0.29, 0.717) is 19.5 Å². The van der Waals surface area contributed by atoms with Crippen molar-refractivity contribution >= 4 is 41.5 Å². The SMILES string of the molecule is CCNC(=NCCCn1nc(C)cc1C)NC1CC(=O)N(c2ccccc2)C1.I. The minimum atomic E-state index is 0. The van der Waals surface area contributed by atoms with Crippen molar-refractivity contribution in [3.63, 3.8) is 0 Å². The van der Waals surface area contributed by atoms with Crippen LogP contribution in [0.1, 0.15) is 31.2 Å². The Kier molecular flexibility index (Phi) is 8.94. The number of carbonyl (C=O) groups is 1. The van der Waals surface area contributed by atoms with E-state index in [2.05, 4.69) is 33.7 Å². The maximum Gasteiger partial charge on any atom is 0.229 e. The molecule has 0 saturated carbocycles. The molecule has 1 aliphatic rings. The lowest BCUT2D eigenvalue weighted by Gasteiger charge is -2.19. The van der Waals surface area contributed by atoms with E-state index in [1.165, 1.54) is 5.69 Å². The number of benzene rings is 1. The highest BCUT2D eigenvalue weighted by Crippen LogP contribution is 2.20. The van der Waals surface area contributed by atoms with E-state index in [1.807, 2.05) is 53.8 Å². The van der Waals surface area contributed by atoms with E-state index in [1.54, 1.807) is 0 Å². The van der Waals surface area contributed by atoms with Gasteiger partial charge in [-0.1, -0.05) is 18.2 Å². The molecule has 0 aliphatic carbocycles. The van der Waals surface area contributed by atoms with Crippen molar-refractivity contribution in [1.82, 2.24) is 20.4 Å². The van der Waals surface area contributed by atoms with E-state index in [0.717, 1.165) is 36.9 Å². The molecule has 158 valence electrons. The first kappa shape index (κ1) is 23.2. The van der Waals surface area contributed by atoms with Gasteiger partial charge in [0, 0.05) is 44.0 Å².